The Balaban J connectivity index is 2.44. The van der Waals surface area contributed by atoms with Crippen LogP contribution in [0.5, 0.6) is 0 Å². The van der Waals surface area contributed by atoms with Gasteiger partial charge in [0.15, 0.2) is 0 Å². The van der Waals surface area contributed by atoms with Crippen LogP contribution in [0, 0.1) is 6.92 Å². The molecular weight excluding hydrogens is 188 g/mol. The molecule has 0 aliphatic heterocycles. The number of rotatable bonds is 3. The zero-order valence-corrected chi connectivity index (χ0v) is 9.73. The normalized spacial score (nSPS) is 12.0. The van der Waals surface area contributed by atoms with Crippen LogP contribution >= 0.6 is 11.8 Å². The minimum atomic E-state index is -0.996. The summed E-state index contributed by atoms with van der Waals surface area (Å²) < 4.78 is 5.24. The lowest BCUT2D eigenvalue weighted by Crippen LogP contribution is -2.23. The van der Waals surface area contributed by atoms with Crippen molar-refractivity contribution < 1.29 is 4.42 Å². The monoisotopic (exact) mass is 202 g/mol. The van der Waals surface area contributed by atoms with Crippen molar-refractivity contribution in [1.82, 2.24) is 10.2 Å². The predicted octanol–water partition coefficient (Wildman–Crippen LogP) is 2.35. The molecule has 68 valence electrons. The van der Waals surface area contributed by atoms with Crippen LogP contribution in [0.25, 0.3) is 0 Å². The molecule has 0 unspecified atom stereocenters. The summed E-state index contributed by atoms with van der Waals surface area (Å²) >= 11 is 1.67. The highest BCUT2D eigenvalue weighted by Crippen LogP contribution is 2.19. The molecule has 1 heterocycles. The second kappa shape index (κ2) is 3.61. The largest absolute Gasteiger partial charge is 0.416 e. The smallest absolute Gasteiger partial charge is 0.276 e. The maximum Gasteiger partial charge on any atom is 0.276 e. The maximum atomic E-state index is 5.24. The Morgan fingerprint density at radius 2 is 2.00 bits per heavy atom. The Kier molecular flexibility index (Phi) is 2.95. The van der Waals surface area contributed by atoms with Crippen molar-refractivity contribution in [2.24, 2.45) is 0 Å². The summed E-state index contributed by atoms with van der Waals surface area (Å²) in [5.74, 6) is 0.646. The molecule has 0 aliphatic carbocycles. The van der Waals surface area contributed by atoms with Crippen molar-refractivity contribution in [3.63, 3.8) is 0 Å². The first-order chi connectivity index (χ1) is 5.47. The van der Waals surface area contributed by atoms with E-state index in [0.717, 1.165) is 5.38 Å². The van der Waals surface area contributed by atoms with Gasteiger partial charge in [-0.05, 0) is 5.38 Å². The fourth-order valence-corrected chi connectivity index (χ4v) is 3.12. The van der Waals surface area contributed by atoms with E-state index in [-0.39, 0.29) is 0 Å². The SMILES string of the molecule is Cc1nnc(SC[Si](C)(C)C)o1. The standard InChI is InChI=1S/C7H14N2OSSi/c1-6-8-9-7(10-6)11-5-12(2,3)4/h5H2,1-4H3. The number of thioether (sulfide) groups is 1. The first kappa shape index (κ1) is 9.79. The Morgan fingerprint density at radius 1 is 1.33 bits per heavy atom. The summed E-state index contributed by atoms with van der Waals surface area (Å²) in [6.45, 7) is 8.78. The Labute approximate surface area is 78.0 Å². The third-order valence-corrected chi connectivity index (χ3v) is 5.59. The molecule has 0 aromatic carbocycles. The van der Waals surface area contributed by atoms with Crippen LogP contribution < -0.4 is 0 Å². The van der Waals surface area contributed by atoms with Gasteiger partial charge in [0.2, 0.25) is 5.89 Å². The second-order valence-corrected chi connectivity index (χ2v) is 10.9. The van der Waals surface area contributed by atoms with E-state index in [1.165, 1.54) is 0 Å². The summed E-state index contributed by atoms with van der Waals surface area (Å²) in [5.41, 5.74) is 0. The maximum absolute atomic E-state index is 5.24. The highest BCUT2D eigenvalue weighted by Gasteiger charge is 2.15. The third-order valence-electron chi connectivity index (χ3n) is 1.14. The molecule has 3 nitrogen and oxygen atoms in total. The average molecular weight is 202 g/mol. The van der Waals surface area contributed by atoms with Gasteiger partial charge in [-0.2, -0.15) is 0 Å². The van der Waals surface area contributed by atoms with E-state index in [9.17, 15) is 0 Å². The van der Waals surface area contributed by atoms with E-state index >= 15 is 0 Å². The van der Waals surface area contributed by atoms with Crippen molar-refractivity contribution in [3.8, 4) is 0 Å². The fraction of sp³-hybridized carbons (Fsp3) is 0.714. The average Bonchev–Trinajstić information content (AvgIpc) is 2.30. The molecule has 0 N–H and O–H groups in total. The molecular formula is C7H14N2OSSi. The first-order valence-electron chi connectivity index (χ1n) is 3.90. The van der Waals surface area contributed by atoms with E-state index < -0.39 is 8.07 Å². The highest BCUT2D eigenvalue weighted by atomic mass is 32.2. The molecule has 0 saturated heterocycles. The summed E-state index contributed by atoms with van der Waals surface area (Å²) in [7, 11) is -0.996. The highest BCUT2D eigenvalue weighted by molar-refractivity contribution is 8.00. The lowest BCUT2D eigenvalue weighted by atomic mass is 10.8. The van der Waals surface area contributed by atoms with Crippen molar-refractivity contribution in [1.29, 1.82) is 0 Å². The molecule has 0 spiro atoms. The molecule has 0 saturated carbocycles. The van der Waals surface area contributed by atoms with Crippen molar-refractivity contribution >= 4 is 19.8 Å². The van der Waals surface area contributed by atoms with E-state index in [1.54, 1.807) is 11.8 Å². The molecule has 0 amide bonds. The van der Waals surface area contributed by atoms with Crippen LogP contribution in [0.4, 0.5) is 0 Å². The molecule has 0 bridgehead atoms. The fourth-order valence-electron chi connectivity index (χ4n) is 0.615. The number of aryl methyl sites for hydroxylation is 1. The van der Waals surface area contributed by atoms with Gasteiger partial charge >= 0.3 is 0 Å². The minimum absolute atomic E-state index is 0.646. The van der Waals surface area contributed by atoms with E-state index in [2.05, 4.69) is 29.8 Å². The topological polar surface area (TPSA) is 38.9 Å². The number of aromatic nitrogens is 2. The Hall–Kier alpha value is -0.293. The van der Waals surface area contributed by atoms with Crippen molar-refractivity contribution in [2.45, 2.75) is 31.8 Å². The Bertz CT molecular complexity index is 256. The van der Waals surface area contributed by atoms with Gasteiger partial charge in [0.25, 0.3) is 5.22 Å². The van der Waals surface area contributed by atoms with E-state index in [4.69, 9.17) is 4.42 Å². The van der Waals surface area contributed by atoms with Crippen LogP contribution in [0.15, 0.2) is 9.64 Å². The molecule has 0 aliphatic rings. The van der Waals surface area contributed by atoms with Gasteiger partial charge in [-0.25, -0.2) is 0 Å². The van der Waals surface area contributed by atoms with Gasteiger partial charge in [0, 0.05) is 6.92 Å². The summed E-state index contributed by atoms with van der Waals surface area (Å²) in [5, 5.41) is 9.52. The van der Waals surface area contributed by atoms with Gasteiger partial charge in [0.05, 0.1) is 8.07 Å². The van der Waals surface area contributed by atoms with Crippen molar-refractivity contribution in [2.75, 3.05) is 5.38 Å². The number of nitrogens with zero attached hydrogens (tertiary/aromatic N) is 2. The van der Waals surface area contributed by atoms with Gasteiger partial charge in [0.1, 0.15) is 0 Å². The third kappa shape index (κ3) is 3.40. The van der Waals surface area contributed by atoms with Gasteiger partial charge < -0.3 is 4.42 Å². The number of hydrogen-bond donors (Lipinski definition) is 0. The van der Waals surface area contributed by atoms with Crippen LogP contribution in [0.1, 0.15) is 5.89 Å². The lowest BCUT2D eigenvalue weighted by molar-refractivity contribution is 0.429. The molecule has 1 aromatic heterocycles. The molecule has 0 fully saturated rings. The van der Waals surface area contributed by atoms with Gasteiger partial charge in [-0.3, -0.25) is 0 Å². The zero-order chi connectivity index (χ0) is 9.19. The van der Waals surface area contributed by atoms with Gasteiger partial charge in [-0.15, -0.1) is 10.2 Å². The van der Waals surface area contributed by atoms with Crippen LogP contribution in [0.2, 0.25) is 19.6 Å². The van der Waals surface area contributed by atoms with Crippen molar-refractivity contribution in [3.05, 3.63) is 5.89 Å². The zero-order valence-electron chi connectivity index (χ0n) is 7.92. The summed E-state index contributed by atoms with van der Waals surface area (Å²) in [6, 6.07) is 0. The van der Waals surface area contributed by atoms with Crippen LogP contribution in [0.3, 0.4) is 0 Å². The molecule has 12 heavy (non-hydrogen) atoms. The molecule has 0 atom stereocenters. The molecule has 1 rings (SSSR count). The second-order valence-electron chi connectivity index (χ2n) is 3.94. The quantitative estimate of drug-likeness (QED) is 0.557. The summed E-state index contributed by atoms with van der Waals surface area (Å²) in [6.07, 6.45) is 0. The first-order valence-corrected chi connectivity index (χ1v) is 8.59. The van der Waals surface area contributed by atoms with E-state index in [1.807, 2.05) is 6.92 Å². The molecule has 1 aromatic rings. The summed E-state index contributed by atoms with van der Waals surface area (Å²) in [4.78, 5) is 0. The van der Waals surface area contributed by atoms with Crippen LogP contribution in [-0.4, -0.2) is 23.6 Å². The lowest BCUT2D eigenvalue weighted by Gasteiger charge is -2.12. The molecule has 0 radical (unpaired) electrons. The minimum Gasteiger partial charge on any atom is -0.416 e. The predicted molar refractivity (Wildman–Crippen MR) is 53.1 cm³/mol. The van der Waals surface area contributed by atoms with E-state index in [0.29, 0.717) is 11.1 Å². The van der Waals surface area contributed by atoms with Crippen LogP contribution in [-0.2, 0) is 0 Å². The molecule has 5 heteroatoms. The Morgan fingerprint density at radius 3 is 2.42 bits per heavy atom. The number of hydrogen-bond acceptors (Lipinski definition) is 4. The van der Waals surface area contributed by atoms with Gasteiger partial charge in [-0.1, -0.05) is 31.4 Å².